The lowest BCUT2D eigenvalue weighted by Crippen LogP contribution is -2.26. The van der Waals surface area contributed by atoms with Gasteiger partial charge >= 0.3 is 0 Å². The van der Waals surface area contributed by atoms with Gasteiger partial charge in [0.05, 0.1) is 0 Å². The summed E-state index contributed by atoms with van der Waals surface area (Å²) in [5.41, 5.74) is -5.64. The fourth-order valence-electron chi connectivity index (χ4n) is 7.88. The topological polar surface area (TPSA) is 18.5 Å². The van der Waals surface area contributed by atoms with Crippen LogP contribution in [0.1, 0.15) is 138 Å². The molecule has 0 spiro atoms. The molecule has 2 aliphatic heterocycles. The first-order chi connectivity index (χ1) is 32.8. The molecule has 0 aliphatic carbocycles. The molecule has 0 fully saturated rings. The summed E-state index contributed by atoms with van der Waals surface area (Å²) in [7, 11) is 0. The summed E-state index contributed by atoms with van der Waals surface area (Å²) < 4.78 is 173. The second-order valence-electron chi connectivity index (χ2n) is 16.4. The Morgan fingerprint density at radius 2 is 0.870 bits per heavy atom. The molecule has 0 saturated heterocycles. The van der Waals surface area contributed by atoms with E-state index in [1.807, 2.05) is 41.5 Å². The Bertz CT molecular complexity index is 2890. The molecule has 0 unspecified atom stereocenters. The van der Waals surface area contributed by atoms with Crippen LogP contribution in [0.5, 0.6) is 23.0 Å². The van der Waals surface area contributed by atoms with Gasteiger partial charge in [-0.05, 0) is 93.3 Å². The van der Waals surface area contributed by atoms with E-state index in [1.54, 1.807) is 36.4 Å². The first-order valence-corrected chi connectivity index (χ1v) is 18.0. The third kappa shape index (κ3) is 5.60. The fourth-order valence-corrected chi connectivity index (χ4v) is 7.88. The Morgan fingerprint density at radius 3 is 1.24 bits per heavy atom. The maximum absolute atomic E-state index is 8.93. The van der Waals surface area contributed by atoms with Crippen LogP contribution >= 0.6 is 0 Å². The van der Waals surface area contributed by atoms with Crippen molar-refractivity contribution in [2.75, 3.05) is 0 Å². The smallest absolute Gasteiger partial charge is 0.139 e. The van der Waals surface area contributed by atoms with Gasteiger partial charge in [0, 0.05) is 68.9 Å². The molecule has 2 heteroatoms. The van der Waals surface area contributed by atoms with Crippen molar-refractivity contribution >= 4 is 0 Å². The lowest BCUT2D eigenvalue weighted by molar-refractivity contribution is 0.417. The summed E-state index contributed by atoms with van der Waals surface area (Å²) >= 11 is 0. The Balaban J connectivity index is 1.51. The normalized spacial score (nSPS) is 21.6. The first kappa shape index (κ1) is 20.6. The Hall–Kier alpha value is -5.08. The zero-order chi connectivity index (χ0) is 53.5. The molecule has 6 aromatic rings. The second-order valence-corrected chi connectivity index (χ2v) is 16.4. The van der Waals surface area contributed by atoms with Crippen molar-refractivity contribution in [2.24, 2.45) is 0 Å². The Morgan fingerprint density at radius 1 is 0.463 bits per heavy atom. The minimum Gasteiger partial charge on any atom is -0.456 e. The van der Waals surface area contributed by atoms with E-state index in [4.69, 9.17) is 34.1 Å². The highest BCUT2D eigenvalue weighted by Gasteiger charge is 2.39. The number of ether oxygens (including phenoxy) is 2. The lowest BCUT2D eigenvalue weighted by Gasteiger charge is -2.37. The molecule has 0 aromatic heterocycles. The minimum atomic E-state index is -3.17. The Kier molecular flexibility index (Phi) is 4.65. The van der Waals surface area contributed by atoms with Gasteiger partial charge in [-0.2, -0.15) is 0 Å². The van der Waals surface area contributed by atoms with E-state index in [-0.39, 0.29) is 89.8 Å². The van der Waals surface area contributed by atoms with Gasteiger partial charge in [-0.15, -0.1) is 0 Å². The van der Waals surface area contributed by atoms with Crippen LogP contribution in [-0.4, -0.2) is 0 Å². The summed E-state index contributed by atoms with van der Waals surface area (Å²) in [6, 6.07) is 27.0. The third-order valence-electron chi connectivity index (χ3n) is 10.7. The van der Waals surface area contributed by atoms with Crippen LogP contribution in [0.2, 0.25) is 0 Å². The Labute approximate surface area is 348 Å². The average molecular weight is 729 g/mol. The molecule has 6 aromatic carbocycles. The van der Waals surface area contributed by atoms with Crippen LogP contribution in [0.25, 0.3) is 33.4 Å². The molecule has 274 valence electrons. The SMILES string of the molecule is [2H]C([2H])([2H])c1ccc(-c2c(C(C)(C)C)ccc3c2Oc2ccccc2C3(C([2H])([2H])[2H])C([2H])([2H])[2H])cc1-c1cc(-c2c(C(C)(C)C)ccc3c2Oc2ccccc2C3(C([2H])([2H])[2H])C([2H])([2H])[2H])ccc1C([2H])([2H])[2H]. The van der Waals surface area contributed by atoms with Gasteiger partial charge in [-0.25, -0.2) is 0 Å². The highest BCUT2D eigenvalue weighted by molar-refractivity contribution is 5.87. The van der Waals surface area contributed by atoms with Gasteiger partial charge in [0.2, 0.25) is 0 Å². The highest BCUT2D eigenvalue weighted by atomic mass is 16.5. The molecule has 0 amide bonds. The number of hydrogen-bond acceptors (Lipinski definition) is 2. The predicted molar refractivity (Wildman–Crippen MR) is 227 cm³/mol. The molecule has 0 radical (unpaired) electrons. The molecule has 0 N–H and O–H groups in total. The molecule has 2 nitrogen and oxygen atoms in total. The van der Waals surface area contributed by atoms with Gasteiger partial charge in [0.15, 0.2) is 0 Å². The first-order valence-electron chi connectivity index (χ1n) is 27.0. The van der Waals surface area contributed by atoms with Gasteiger partial charge < -0.3 is 9.47 Å². The van der Waals surface area contributed by atoms with Crippen molar-refractivity contribution in [1.82, 2.24) is 0 Å². The second kappa shape index (κ2) is 12.2. The summed E-state index contributed by atoms with van der Waals surface area (Å²) in [5.74, 6) is -0.178. The largest absolute Gasteiger partial charge is 0.456 e. The lowest BCUT2D eigenvalue weighted by atomic mass is 9.71. The monoisotopic (exact) mass is 729 g/mol. The molecular formula is C52H54O2. The zero-order valence-electron chi connectivity index (χ0n) is 49.2. The van der Waals surface area contributed by atoms with Crippen molar-refractivity contribution in [1.29, 1.82) is 0 Å². The average Bonchev–Trinajstić information content (AvgIpc) is 3.23. The van der Waals surface area contributed by atoms with E-state index in [9.17, 15) is 0 Å². The molecule has 0 saturated carbocycles. The molecular weight excluding hydrogens is 657 g/mol. The van der Waals surface area contributed by atoms with E-state index in [0.29, 0.717) is 11.1 Å². The van der Waals surface area contributed by atoms with E-state index in [0.717, 1.165) is 0 Å². The van der Waals surface area contributed by atoms with Crippen LogP contribution < -0.4 is 9.47 Å². The summed E-state index contributed by atoms with van der Waals surface area (Å²) in [6.07, 6.45) is 0. The molecule has 54 heavy (non-hydrogen) atoms. The number of aryl methyl sites for hydroxylation is 2. The van der Waals surface area contributed by atoms with Crippen LogP contribution in [0.4, 0.5) is 0 Å². The standard InChI is InChI=1S/C52H54O2/c1-31-21-23-33(45-39(49(3,4)5)25-27-41-47(45)53-43-19-15-13-17-37(43)51(41,9)10)29-35(31)36-30-34(24-22-32(36)2)46-40(50(6,7)8)26-28-42-48(46)54-44-20-16-14-18-38(44)52(42,11)12/h13-30H,1-12H3/i1D3,2D3,9D3,10D3,11D3,12D3. The van der Waals surface area contributed by atoms with E-state index in [2.05, 4.69) is 0 Å². The third-order valence-corrected chi connectivity index (χ3v) is 10.7. The molecule has 0 atom stereocenters. The van der Waals surface area contributed by atoms with Crippen molar-refractivity contribution in [2.45, 2.75) is 104 Å². The van der Waals surface area contributed by atoms with Gasteiger partial charge in [0.25, 0.3) is 0 Å². The van der Waals surface area contributed by atoms with Crippen LogP contribution in [0.15, 0.2) is 109 Å². The molecule has 2 heterocycles. The number of para-hydroxylation sites is 2. The maximum atomic E-state index is 8.93. The van der Waals surface area contributed by atoms with Crippen LogP contribution in [0.3, 0.4) is 0 Å². The highest BCUT2D eigenvalue weighted by Crippen LogP contribution is 2.56. The fraction of sp³-hybridized carbons (Fsp3) is 0.308. The van der Waals surface area contributed by atoms with Crippen LogP contribution in [0, 0.1) is 13.7 Å². The van der Waals surface area contributed by atoms with Gasteiger partial charge in [-0.3, -0.25) is 0 Å². The predicted octanol–water partition coefficient (Wildman–Crippen LogP) is 14.8. The maximum Gasteiger partial charge on any atom is 0.139 e. The van der Waals surface area contributed by atoms with Crippen molar-refractivity contribution in [3.8, 4) is 56.4 Å². The van der Waals surface area contributed by atoms with E-state index >= 15 is 0 Å². The quantitative estimate of drug-likeness (QED) is 0.181. The number of benzene rings is 6. The van der Waals surface area contributed by atoms with Crippen molar-refractivity contribution in [3.63, 3.8) is 0 Å². The van der Waals surface area contributed by atoms with Crippen molar-refractivity contribution in [3.05, 3.63) is 154 Å². The van der Waals surface area contributed by atoms with E-state index < -0.39 is 62.8 Å². The number of hydrogen-bond donors (Lipinski definition) is 0. The summed E-state index contributed by atoms with van der Waals surface area (Å²) in [6.45, 7) is -7.06. The van der Waals surface area contributed by atoms with Gasteiger partial charge in [-0.1, -0.05) is 154 Å². The van der Waals surface area contributed by atoms with Crippen molar-refractivity contribution < 1.29 is 34.1 Å². The molecule has 0 bridgehead atoms. The molecule has 2 aliphatic rings. The van der Waals surface area contributed by atoms with E-state index in [1.165, 1.54) is 72.8 Å². The van der Waals surface area contributed by atoms with Crippen LogP contribution in [-0.2, 0) is 21.7 Å². The molecule has 8 rings (SSSR count). The van der Waals surface area contributed by atoms with Gasteiger partial charge in [0.1, 0.15) is 23.0 Å². The summed E-state index contributed by atoms with van der Waals surface area (Å²) in [5, 5.41) is 0. The number of fused-ring (bicyclic) bond motifs is 4. The summed E-state index contributed by atoms with van der Waals surface area (Å²) in [4.78, 5) is 0. The minimum absolute atomic E-state index is 0.00651. The zero-order valence-corrected chi connectivity index (χ0v) is 31.2. The number of rotatable bonds is 3.